The third kappa shape index (κ3) is 2.16. The zero-order valence-corrected chi connectivity index (χ0v) is 12.5. The van der Waals surface area contributed by atoms with Gasteiger partial charge in [0.2, 0.25) is 5.13 Å². The zero-order chi connectivity index (χ0) is 13.6. The van der Waals surface area contributed by atoms with Gasteiger partial charge in [-0.05, 0) is 25.1 Å². The Bertz CT molecular complexity index is 698. The first kappa shape index (κ1) is 12.4. The molecule has 1 aromatic carbocycles. The van der Waals surface area contributed by atoms with E-state index >= 15 is 0 Å². The average molecular weight is 271 g/mol. The van der Waals surface area contributed by atoms with Crippen molar-refractivity contribution in [1.29, 1.82) is 0 Å². The molecular weight excluding hydrogens is 254 g/mol. The summed E-state index contributed by atoms with van der Waals surface area (Å²) in [6, 6.07) is 10.4. The Morgan fingerprint density at radius 1 is 1.16 bits per heavy atom. The Labute approximate surface area is 116 Å². The fraction of sp³-hybridized carbons (Fsp3) is 0.333. The summed E-state index contributed by atoms with van der Waals surface area (Å²) in [5.41, 5.74) is 3.32. The van der Waals surface area contributed by atoms with Crippen molar-refractivity contribution < 1.29 is 0 Å². The maximum atomic E-state index is 4.69. The van der Waals surface area contributed by atoms with Crippen LogP contribution in [-0.2, 0) is 5.41 Å². The molecule has 0 N–H and O–H groups in total. The predicted octanol–water partition coefficient (Wildman–Crippen LogP) is 4.09. The Balaban J connectivity index is 2.21. The summed E-state index contributed by atoms with van der Waals surface area (Å²) in [7, 11) is 0. The summed E-state index contributed by atoms with van der Waals surface area (Å²) < 4.78 is 3.19. The summed E-state index contributed by atoms with van der Waals surface area (Å²) in [6.45, 7) is 8.63. The minimum Gasteiger partial charge on any atom is -0.218 e. The molecule has 0 saturated heterocycles. The predicted molar refractivity (Wildman–Crippen MR) is 80.2 cm³/mol. The van der Waals surface area contributed by atoms with Crippen molar-refractivity contribution in [2.45, 2.75) is 33.1 Å². The zero-order valence-electron chi connectivity index (χ0n) is 11.6. The van der Waals surface area contributed by atoms with Crippen LogP contribution in [-0.4, -0.2) is 14.8 Å². The molecule has 2 aromatic heterocycles. The number of aromatic nitrogens is 3. The van der Waals surface area contributed by atoms with E-state index in [1.54, 1.807) is 11.3 Å². The fourth-order valence-corrected chi connectivity index (χ4v) is 3.06. The second kappa shape index (κ2) is 4.17. The van der Waals surface area contributed by atoms with Gasteiger partial charge in [0.05, 0.1) is 21.6 Å². The van der Waals surface area contributed by atoms with Gasteiger partial charge in [-0.3, -0.25) is 0 Å². The molecule has 0 aliphatic carbocycles. The molecule has 0 amide bonds. The van der Waals surface area contributed by atoms with Crippen molar-refractivity contribution in [1.82, 2.24) is 14.8 Å². The second-order valence-electron chi connectivity index (χ2n) is 5.80. The van der Waals surface area contributed by atoms with E-state index in [1.165, 1.54) is 10.4 Å². The van der Waals surface area contributed by atoms with E-state index in [-0.39, 0.29) is 5.41 Å². The van der Waals surface area contributed by atoms with E-state index in [0.29, 0.717) is 0 Å². The Morgan fingerprint density at radius 2 is 1.89 bits per heavy atom. The lowest BCUT2D eigenvalue weighted by atomic mass is 9.92. The van der Waals surface area contributed by atoms with Gasteiger partial charge in [-0.2, -0.15) is 5.10 Å². The lowest BCUT2D eigenvalue weighted by Crippen LogP contribution is -2.17. The molecule has 98 valence electrons. The molecule has 3 rings (SSSR count). The van der Waals surface area contributed by atoms with Crippen LogP contribution in [0.2, 0.25) is 0 Å². The lowest BCUT2D eigenvalue weighted by Gasteiger charge is -2.18. The van der Waals surface area contributed by atoms with Crippen molar-refractivity contribution in [3.05, 3.63) is 41.7 Å². The number of nitrogens with zero attached hydrogens (tertiary/aromatic N) is 3. The molecule has 0 fully saturated rings. The van der Waals surface area contributed by atoms with Crippen LogP contribution in [0.25, 0.3) is 15.3 Å². The van der Waals surface area contributed by atoms with Gasteiger partial charge >= 0.3 is 0 Å². The second-order valence-corrected chi connectivity index (χ2v) is 6.81. The van der Waals surface area contributed by atoms with Gasteiger partial charge in [-0.25, -0.2) is 9.67 Å². The highest BCUT2D eigenvalue weighted by Gasteiger charge is 2.22. The summed E-state index contributed by atoms with van der Waals surface area (Å²) in [5.74, 6) is 0. The molecule has 3 nitrogen and oxygen atoms in total. The van der Waals surface area contributed by atoms with E-state index in [2.05, 4.69) is 43.0 Å². The largest absolute Gasteiger partial charge is 0.218 e. The number of para-hydroxylation sites is 1. The molecule has 19 heavy (non-hydrogen) atoms. The molecule has 0 atom stereocenters. The van der Waals surface area contributed by atoms with Gasteiger partial charge in [0.15, 0.2) is 0 Å². The molecule has 4 heteroatoms. The van der Waals surface area contributed by atoms with Crippen molar-refractivity contribution in [3.63, 3.8) is 0 Å². The van der Waals surface area contributed by atoms with Gasteiger partial charge in [-0.15, -0.1) is 0 Å². The third-order valence-corrected chi connectivity index (χ3v) is 4.08. The number of thiazole rings is 1. The molecule has 3 aromatic rings. The highest BCUT2D eigenvalue weighted by molar-refractivity contribution is 7.20. The topological polar surface area (TPSA) is 30.7 Å². The van der Waals surface area contributed by atoms with Gasteiger partial charge < -0.3 is 0 Å². The maximum Gasteiger partial charge on any atom is 0.211 e. The highest BCUT2D eigenvalue weighted by Crippen LogP contribution is 2.30. The van der Waals surface area contributed by atoms with Gasteiger partial charge in [0, 0.05) is 5.41 Å². The van der Waals surface area contributed by atoms with Crippen molar-refractivity contribution >= 4 is 21.6 Å². The molecule has 0 radical (unpaired) electrons. The molecule has 0 aliphatic rings. The molecular formula is C15H17N3S. The van der Waals surface area contributed by atoms with Crippen LogP contribution in [0.5, 0.6) is 0 Å². The maximum absolute atomic E-state index is 4.69. The fourth-order valence-electron chi connectivity index (χ4n) is 2.13. The quantitative estimate of drug-likeness (QED) is 0.667. The number of rotatable bonds is 1. The van der Waals surface area contributed by atoms with Crippen LogP contribution in [0.4, 0.5) is 0 Å². The first-order valence-corrected chi connectivity index (χ1v) is 7.20. The highest BCUT2D eigenvalue weighted by atomic mass is 32.1. The SMILES string of the molecule is Cc1cc(C(C)(C)C)n(-c2nc3ccccc3s2)n1. The van der Waals surface area contributed by atoms with Crippen molar-refractivity contribution in [3.8, 4) is 5.13 Å². The van der Waals surface area contributed by atoms with Crippen LogP contribution in [0.1, 0.15) is 32.2 Å². The van der Waals surface area contributed by atoms with Crippen LogP contribution < -0.4 is 0 Å². The summed E-state index contributed by atoms with van der Waals surface area (Å²) >= 11 is 1.68. The standard InChI is InChI=1S/C15H17N3S/c1-10-9-13(15(2,3)4)18(17-10)14-16-11-7-5-6-8-12(11)19-14/h5-9H,1-4H3. The number of fused-ring (bicyclic) bond motifs is 1. The van der Waals surface area contributed by atoms with Crippen molar-refractivity contribution in [2.75, 3.05) is 0 Å². The summed E-state index contributed by atoms with van der Waals surface area (Å²) in [4.78, 5) is 4.69. The monoisotopic (exact) mass is 271 g/mol. The van der Waals surface area contributed by atoms with Crippen molar-refractivity contribution in [2.24, 2.45) is 0 Å². The summed E-state index contributed by atoms with van der Waals surface area (Å²) in [5, 5.41) is 5.55. The van der Waals surface area contributed by atoms with Crippen LogP contribution in [0, 0.1) is 6.92 Å². The van der Waals surface area contributed by atoms with Gasteiger partial charge in [-0.1, -0.05) is 44.2 Å². The van der Waals surface area contributed by atoms with Gasteiger partial charge in [0.1, 0.15) is 0 Å². The van der Waals surface area contributed by atoms with E-state index in [4.69, 9.17) is 0 Å². The number of hydrogen-bond donors (Lipinski definition) is 0. The normalized spacial score (nSPS) is 12.2. The van der Waals surface area contributed by atoms with Gasteiger partial charge in [0.25, 0.3) is 0 Å². The van der Waals surface area contributed by atoms with Crippen LogP contribution in [0.15, 0.2) is 30.3 Å². The van der Waals surface area contributed by atoms with E-state index in [0.717, 1.165) is 16.3 Å². The molecule has 0 spiro atoms. The Hall–Kier alpha value is -1.68. The summed E-state index contributed by atoms with van der Waals surface area (Å²) in [6.07, 6.45) is 0. The first-order valence-electron chi connectivity index (χ1n) is 6.38. The Morgan fingerprint density at radius 3 is 2.58 bits per heavy atom. The third-order valence-electron chi connectivity index (χ3n) is 3.06. The number of benzene rings is 1. The van der Waals surface area contributed by atoms with Crippen LogP contribution >= 0.6 is 11.3 Å². The minimum atomic E-state index is 0.0547. The smallest absolute Gasteiger partial charge is 0.211 e. The minimum absolute atomic E-state index is 0.0547. The number of aryl methyl sites for hydroxylation is 1. The Kier molecular flexibility index (Phi) is 2.71. The van der Waals surface area contributed by atoms with E-state index in [9.17, 15) is 0 Å². The van der Waals surface area contributed by atoms with Crippen LogP contribution in [0.3, 0.4) is 0 Å². The van der Waals surface area contributed by atoms with E-state index < -0.39 is 0 Å². The first-order chi connectivity index (χ1) is 8.95. The molecule has 0 saturated carbocycles. The molecule has 0 aliphatic heterocycles. The average Bonchev–Trinajstić information content (AvgIpc) is 2.90. The number of hydrogen-bond acceptors (Lipinski definition) is 3. The van der Waals surface area contributed by atoms with E-state index in [1.807, 2.05) is 29.8 Å². The molecule has 0 unspecified atom stereocenters. The molecule has 0 bridgehead atoms. The lowest BCUT2D eigenvalue weighted by molar-refractivity contribution is 0.543. The molecule has 2 heterocycles.